The first kappa shape index (κ1) is 12.0. The highest BCUT2D eigenvalue weighted by Crippen LogP contribution is 2.04. The Labute approximate surface area is 94.6 Å². The summed E-state index contributed by atoms with van der Waals surface area (Å²) in [5, 5.41) is 3.72. The molecule has 0 aliphatic rings. The third-order valence-corrected chi connectivity index (χ3v) is 1.80. The highest BCUT2D eigenvalue weighted by atomic mass is 16.5. The van der Waals surface area contributed by atoms with E-state index in [1.165, 1.54) is 7.11 Å². The summed E-state index contributed by atoms with van der Waals surface area (Å²) >= 11 is 0. The fourth-order valence-electron chi connectivity index (χ4n) is 1.08. The molecule has 0 aromatic heterocycles. The van der Waals surface area contributed by atoms with Crippen molar-refractivity contribution in [2.24, 2.45) is 5.10 Å². The molecule has 1 rings (SSSR count). The number of nitrogens with zero attached hydrogens (tertiary/aromatic N) is 1. The molecule has 0 saturated heterocycles. The molecule has 84 valence electrons. The van der Waals surface area contributed by atoms with Crippen molar-refractivity contribution in [2.45, 2.75) is 6.92 Å². The molecule has 0 aliphatic carbocycles. The van der Waals surface area contributed by atoms with Crippen molar-refractivity contribution in [1.29, 1.82) is 0 Å². The van der Waals surface area contributed by atoms with Gasteiger partial charge in [0.05, 0.1) is 13.3 Å². The molecule has 1 amide bonds. The van der Waals surface area contributed by atoms with Crippen molar-refractivity contribution < 1.29 is 9.53 Å². The van der Waals surface area contributed by atoms with Crippen LogP contribution in [-0.4, -0.2) is 19.4 Å². The van der Waals surface area contributed by atoms with Gasteiger partial charge in [0.1, 0.15) is 0 Å². The molecular formula is C12H14N2O2. The van der Waals surface area contributed by atoms with Gasteiger partial charge in [0.15, 0.2) is 0 Å². The van der Waals surface area contributed by atoms with Crippen molar-refractivity contribution >= 4 is 18.4 Å². The molecule has 16 heavy (non-hydrogen) atoms. The summed E-state index contributed by atoms with van der Waals surface area (Å²) in [5.74, 6) is 0. The van der Waals surface area contributed by atoms with Gasteiger partial charge in [-0.2, -0.15) is 5.10 Å². The van der Waals surface area contributed by atoms with Crippen LogP contribution in [0.5, 0.6) is 0 Å². The zero-order valence-corrected chi connectivity index (χ0v) is 9.31. The number of ether oxygens (including phenoxy) is 1. The summed E-state index contributed by atoms with van der Waals surface area (Å²) < 4.78 is 4.37. The maximum absolute atomic E-state index is 10.7. The second kappa shape index (κ2) is 6.40. The van der Waals surface area contributed by atoms with Gasteiger partial charge in [0, 0.05) is 0 Å². The molecule has 0 spiro atoms. The predicted octanol–water partition coefficient (Wildman–Crippen LogP) is 2.43. The molecule has 0 fully saturated rings. The van der Waals surface area contributed by atoms with Crippen molar-refractivity contribution in [3.8, 4) is 0 Å². The number of methoxy groups -OCH3 is 1. The number of hydrogen-bond donors (Lipinski definition) is 1. The van der Waals surface area contributed by atoms with Crippen LogP contribution in [0.1, 0.15) is 12.5 Å². The van der Waals surface area contributed by atoms with Gasteiger partial charge >= 0.3 is 6.09 Å². The largest absolute Gasteiger partial charge is 0.452 e. The topological polar surface area (TPSA) is 50.7 Å². The Morgan fingerprint density at radius 3 is 2.69 bits per heavy atom. The first-order chi connectivity index (χ1) is 7.72. The summed E-state index contributed by atoms with van der Waals surface area (Å²) in [7, 11) is 1.29. The number of amides is 1. The van der Waals surface area contributed by atoms with Crippen LogP contribution in [0.15, 0.2) is 41.0 Å². The minimum atomic E-state index is -0.580. The molecule has 1 N–H and O–H groups in total. The minimum absolute atomic E-state index is 0.580. The summed E-state index contributed by atoms with van der Waals surface area (Å²) in [6.45, 7) is 1.90. The molecular weight excluding hydrogens is 204 g/mol. The average Bonchev–Trinajstić information content (AvgIpc) is 2.30. The fourth-order valence-corrected chi connectivity index (χ4v) is 1.08. The van der Waals surface area contributed by atoms with E-state index in [0.717, 1.165) is 11.1 Å². The summed E-state index contributed by atoms with van der Waals surface area (Å²) in [5.41, 5.74) is 4.24. The van der Waals surface area contributed by atoms with Crippen LogP contribution in [0.25, 0.3) is 6.08 Å². The third-order valence-electron chi connectivity index (χ3n) is 1.80. The second-order valence-corrected chi connectivity index (χ2v) is 3.16. The Bertz CT molecular complexity index is 397. The van der Waals surface area contributed by atoms with Gasteiger partial charge in [0.2, 0.25) is 0 Å². The lowest BCUT2D eigenvalue weighted by molar-refractivity contribution is 0.171. The number of rotatable bonds is 3. The molecule has 0 heterocycles. The van der Waals surface area contributed by atoms with E-state index in [1.807, 2.05) is 43.3 Å². The van der Waals surface area contributed by atoms with E-state index < -0.39 is 6.09 Å². The Balaban J connectivity index is 2.55. The number of carbonyl (C=O) groups is 1. The SMILES string of the molecule is COC(=O)N/N=C/C(C)=C/c1ccccc1. The first-order valence-electron chi connectivity index (χ1n) is 4.83. The number of carbonyl (C=O) groups excluding carboxylic acids is 1. The van der Waals surface area contributed by atoms with Crippen LogP contribution in [0.4, 0.5) is 4.79 Å². The molecule has 0 aliphatic heterocycles. The molecule has 0 atom stereocenters. The lowest BCUT2D eigenvalue weighted by atomic mass is 10.1. The Morgan fingerprint density at radius 1 is 1.38 bits per heavy atom. The smallest absolute Gasteiger partial charge is 0.427 e. The Kier molecular flexibility index (Phi) is 4.79. The van der Waals surface area contributed by atoms with Gasteiger partial charge in [-0.3, -0.25) is 0 Å². The molecule has 0 radical (unpaired) electrons. The summed E-state index contributed by atoms with van der Waals surface area (Å²) in [6, 6.07) is 9.86. The van der Waals surface area contributed by atoms with Crippen LogP contribution in [0, 0.1) is 0 Å². The van der Waals surface area contributed by atoms with Crippen molar-refractivity contribution in [3.05, 3.63) is 41.5 Å². The van der Waals surface area contributed by atoms with Gasteiger partial charge in [-0.1, -0.05) is 36.4 Å². The lowest BCUT2D eigenvalue weighted by Gasteiger charge is -1.96. The summed E-state index contributed by atoms with van der Waals surface area (Å²) in [4.78, 5) is 10.7. The number of benzene rings is 1. The highest BCUT2D eigenvalue weighted by molar-refractivity contribution is 5.85. The van der Waals surface area contributed by atoms with Gasteiger partial charge < -0.3 is 4.74 Å². The van der Waals surface area contributed by atoms with Crippen LogP contribution in [-0.2, 0) is 4.74 Å². The van der Waals surface area contributed by atoms with Crippen LogP contribution in [0.2, 0.25) is 0 Å². The molecule has 4 nitrogen and oxygen atoms in total. The molecule has 1 aromatic rings. The van der Waals surface area contributed by atoms with Crippen molar-refractivity contribution in [3.63, 3.8) is 0 Å². The van der Waals surface area contributed by atoms with Gasteiger partial charge in [-0.25, -0.2) is 10.2 Å². The van der Waals surface area contributed by atoms with Crippen molar-refractivity contribution in [1.82, 2.24) is 5.43 Å². The first-order valence-corrected chi connectivity index (χ1v) is 4.83. The van der Waals surface area contributed by atoms with Crippen molar-refractivity contribution in [2.75, 3.05) is 7.11 Å². The van der Waals surface area contributed by atoms with E-state index in [9.17, 15) is 4.79 Å². The Hall–Kier alpha value is -2.10. The third kappa shape index (κ3) is 4.41. The van der Waals surface area contributed by atoms with E-state index in [2.05, 4.69) is 15.3 Å². The lowest BCUT2D eigenvalue weighted by Crippen LogP contribution is -2.16. The minimum Gasteiger partial charge on any atom is -0.452 e. The van der Waals surface area contributed by atoms with E-state index in [4.69, 9.17) is 0 Å². The van der Waals surface area contributed by atoms with E-state index in [-0.39, 0.29) is 0 Å². The number of hydrogen-bond acceptors (Lipinski definition) is 3. The zero-order valence-electron chi connectivity index (χ0n) is 9.31. The van der Waals surface area contributed by atoms with Gasteiger partial charge in [-0.15, -0.1) is 0 Å². The second-order valence-electron chi connectivity index (χ2n) is 3.16. The maximum atomic E-state index is 10.7. The standard InChI is InChI=1S/C12H14N2O2/c1-10(9-13-14-12(15)16-2)8-11-6-4-3-5-7-11/h3-9H,1-2H3,(H,14,15)/b10-8+,13-9+. The molecule has 0 saturated carbocycles. The van der Waals surface area contributed by atoms with E-state index in [0.29, 0.717) is 0 Å². The molecule has 0 unspecified atom stereocenters. The quantitative estimate of drug-likeness (QED) is 0.625. The maximum Gasteiger partial charge on any atom is 0.427 e. The van der Waals surface area contributed by atoms with Gasteiger partial charge in [0.25, 0.3) is 0 Å². The van der Waals surface area contributed by atoms with Crippen LogP contribution < -0.4 is 5.43 Å². The number of hydrazone groups is 1. The fraction of sp³-hybridized carbons (Fsp3) is 0.167. The van der Waals surface area contributed by atoms with Gasteiger partial charge in [-0.05, 0) is 18.1 Å². The molecule has 4 heteroatoms. The van der Waals surface area contributed by atoms with Crippen LogP contribution >= 0.6 is 0 Å². The predicted molar refractivity (Wildman–Crippen MR) is 64.1 cm³/mol. The number of allylic oxidation sites excluding steroid dienone is 1. The average molecular weight is 218 g/mol. The molecule has 0 bridgehead atoms. The number of nitrogens with one attached hydrogen (secondary N) is 1. The normalized spacial score (nSPS) is 11.5. The van der Waals surface area contributed by atoms with E-state index in [1.54, 1.807) is 6.21 Å². The Morgan fingerprint density at radius 2 is 2.06 bits per heavy atom. The molecule has 1 aromatic carbocycles. The highest BCUT2D eigenvalue weighted by Gasteiger charge is 1.92. The summed E-state index contributed by atoms with van der Waals surface area (Å²) in [6.07, 6.45) is 2.94. The monoisotopic (exact) mass is 218 g/mol. The zero-order chi connectivity index (χ0) is 11.8. The van der Waals surface area contributed by atoms with E-state index >= 15 is 0 Å². The van der Waals surface area contributed by atoms with Crippen LogP contribution in [0.3, 0.4) is 0 Å².